The van der Waals surface area contributed by atoms with Crippen molar-refractivity contribution in [1.82, 2.24) is 24.7 Å². The zero-order chi connectivity index (χ0) is 21.9. The highest BCUT2D eigenvalue weighted by molar-refractivity contribution is 7.13. The van der Waals surface area contributed by atoms with Crippen LogP contribution >= 0.6 is 11.3 Å². The fraction of sp³-hybridized carbons (Fsp3) is 0.182. The number of ether oxygens (including phenoxy) is 1. The average Bonchev–Trinajstić information content (AvgIpc) is 3.41. The van der Waals surface area contributed by atoms with Crippen LogP contribution in [0.15, 0.2) is 60.2 Å². The number of aromatic nitrogens is 5. The van der Waals surface area contributed by atoms with Crippen LogP contribution in [0, 0.1) is 0 Å². The second-order valence-corrected chi connectivity index (χ2v) is 8.07. The van der Waals surface area contributed by atoms with Gasteiger partial charge in [0.05, 0.1) is 11.4 Å². The van der Waals surface area contributed by atoms with E-state index in [9.17, 15) is 9.59 Å². The second kappa shape index (κ2) is 8.67. The van der Waals surface area contributed by atoms with Crippen LogP contribution in [-0.4, -0.2) is 43.2 Å². The van der Waals surface area contributed by atoms with E-state index in [0.717, 1.165) is 24.2 Å². The standard InChI is InChI=1S/C22H18N6O3S/c29-19(12-31-22(30)17-13-32-21(25-17)20-23-9-4-10-24-20)26-18-11-16(14-7-8-14)27-28(18)15-5-2-1-3-6-15/h1-6,9-11,13-14H,7-8,12H2,(H,26,29). The number of nitrogens with zero attached hydrogens (tertiary/aromatic N) is 5. The van der Waals surface area contributed by atoms with Crippen LogP contribution in [0.1, 0.15) is 34.9 Å². The van der Waals surface area contributed by atoms with Crippen LogP contribution in [-0.2, 0) is 9.53 Å². The predicted octanol–water partition coefficient (Wildman–Crippen LogP) is 3.46. The number of esters is 1. The van der Waals surface area contributed by atoms with Crippen molar-refractivity contribution in [2.75, 3.05) is 11.9 Å². The first-order valence-corrected chi connectivity index (χ1v) is 10.9. The van der Waals surface area contributed by atoms with Gasteiger partial charge in [-0.05, 0) is 31.0 Å². The Labute approximate surface area is 187 Å². The van der Waals surface area contributed by atoms with Crippen LogP contribution in [0.5, 0.6) is 0 Å². The summed E-state index contributed by atoms with van der Waals surface area (Å²) in [4.78, 5) is 37.2. The van der Waals surface area contributed by atoms with Gasteiger partial charge in [-0.3, -0.25) is 4.79 Å². The molecular weight excluding hydrogens is 428 g/mol. The van der Waals surface area contributed by atoms with Gasteiger partial charge in [0.15, 0.2) is 23.1 Å². The van der Waals surface area contributed by atoms with Gasteiger partial charge in [-0.25, -0.2) is 24.4 Å². The Bertz CT molecular complexity index is 1250. The summed E-state index contributed by atoms with van der Waals surface area (Å²) in [5.74, 6) is 0.251. The van der Waals surface area contributed by atoms with E-state index in [1.165, 1.54) is 11.3 Å². The SMILES string of the molecule is O=C(COC(=O)c1csc(-c2ncccn2)n1)Nc1cc(C2CC2)nn1-c1ccccc1. The lowest BCUT2D eigenvalue weighted by Gasteiger charge is -2.09. The molecule has 1 aliphatic rings. The highest BCUT2D eigenvalue weighted by atomic mass is 32.1. The molecule has 0 unspecified atom stereocenters. The maximum Gasteiger partial charge on any atom is 0.358 e. The summed E-state index contributed by atoms with van der Waals surface area (Å²) in [6, 6.07) is 13.1. The minimum atomic E-state index is -0.686. The maximum atomic E-state index is 12.5. The molecule has 160 valence electrons. The van der Waals surface area contributed by atoms with E-state index in [2.05, 4.69) is 25.4 Å². The molecule has 1 N–H and O–H groups in total. The van der Waals surface area contributed by atoms with Gasteiger partial charge in [0.25, 0.3) is 5.91 Å². The van der Waals surface area contributed by atoms with Crippen molar-refractivity contribution in [1.29, 1.82) is 0 Å². The zero-order valence-electron chi connectivity index (χ0n) is 16.8. The summed E-state index contributed by atoms with van der Waals surface area (Å²) >= 11 is 1.23. The molecule has 4 aromatic rings. The van der Waals surface area contributed by atoms with Gasteiger partial charge in [0.2, 0.25) is 0 Å². The lowest BCUT2D eigenvalue weighted by atomic mass is 10.3. The van der Waals surface area contributed by atoms with Gasteiger partial charge in [0.1, 0.15) is 5.82 Å². The molecule has 10 heteroatoms. The maximum absolute atomic E-state index is 12.5. The number of amides is 1. The molecule has 0 saturated heterocycles. The predicted molar refractivity (Wildman–Crippen MR) is 118 cm³/mol. The van der Waals surface area contributed by atoms with Gasteiger partial charge in [-0.15, -0.1) is 11.3 Å². The number of anilines is 1. The topological polar surface area (TPSA) is 112 Å². The summed E-state index contributed by atoms with van der Waals surface area (Å²) in [5.41, 5.74) is 1.89. The molecule has 1 fully saturated rings. The smallest absolute Gasteiger partial charge is 0.358 e. The molecule has 1 aliphatic carbocycles. The lowest BCUT2D eigenvalue weighted by molar-refractivity contribution is -0.119. The molecule has 0 aliphatic heterocycles. The molecule has 0 radical (unpaired) electrons. The third-order valence-corrected chi connectivity index (χ3v) is 5.64. The third kappa shape index (κ3) is 4.40. The first kappa shape index (κ1) is 20.0. The number of rotatable bonds is 7. The van der Waals surface area contributed by atoms with Crippen molar-refractivity contribution in [3.05, 3.63) is 71.6 Å². The largest absolute Gasteiger partial charge is 0.451 e. The molecule has 9 nitrogen and oxygen atoms in total. The Morgan fingerprint density at radius 1 is 1.12 bits per heavy atom. The minimum Gasteiger partial charge on any atom is -0.451 e. The normalized spacial score (nSPS) is 13.0. The van der Waals surface area contributed by atoms with Crippen LogP contribution in [0.3, 0.4) is 0 Å². The van der Waals surface area contributed by atoms with E-state index >= 15 is 0 Å². The summed E-state index contributed by atoms with van der Waals surface area (Å²) < 4.78 is 6.84. The van der Waals surface area contributed by atoms with Crippen molar-refractivity contribution >= 4 is 29.0 Å². The van der Waals surface area contributed by atoms with Crippen molar-refractivity contribution in [3.8, 4) is 16.5 Å². The van der Waals surface area contributed by atoms with E-state index in [1.807, 2.05) is 36.4 Å². The Kier molecular flexibility index (Phi) is 5.42. The van der Waals surface area contributed by atoms with E-state index in [1.54, 1.807) is 28.5 Å². The molecule has 0 spiro atoms. The Morgan fingerprint density at radius 2 is 1.91 bits per heavy atom. The minimum absolute atomic E-state index is 0.107. The lowest BCUT2D eigenvalue weighted by Crippen LogP contribution is -2.22. The monoisotopic (exact) mass is 446 g/mol. The van der Waals surface area contributed by atoms with E-state index < -0.39 is 18.5 Å². The highest BCUT2D eigenvalue weighted by Gasteiger charge is 2.28. The fourth-order valence-corrected chi connectivity index (χ4v) is 3.83. The molecule has 1 saturated carbocycles. The Morgan fingerprint density at radius 3 is 2.66 bits per heavy atom. The van der Waals surface area contributed by atoms with Gasteiger partial charge in [-0.1, -0.05) is 18.2 Å². The van der Waals surface area contributed by atoms with Crippen LogP contribution in [0.25, 0.3) is 16.5 Å². The number of nitrogens with one attached hydrogen (secondary N) is 1. The second-order valence-electron chi connectivity index (χ2n) is 7.21. The molecule has 32 heavy (non-hydrogen) atoms. The molecule has 3 heterocycles. The molecule has 0 bridgehead atoms. The number of hydrogen-bond donors (Lipinski definition) is 1. The van der Waals surface area contributed by atoms with E-state index in [0.29, 0.717) is 22.6 Å². The Balaban J connectivity index is 1.24. The van der Waals surface area contributed by atoms with Crippen molar-refractivity contribution in [2.45, 2.75) is 18.8 Å². The molecule has 1 amide bonds. The van der Waals surface area contributed by atoms with Crippen molar-refractivity contribution in [2.24, 2.45) is 0 Å². The summed E-state index contributed by atoms with van der Waals surface area (Å²) in [6.07, 6.45) is 5.39. The number of para-hydroxylation sites is 1. The van der Waals surface area contributed by atoms with E-state index in [-0.39, 0.29) is 5.69 Å². The Hall–Kier alpha value is -3.92. The molecule has 5 rings (SSSR count). The van der Waals surface area contributed by atoms with Gasteiger partial charge in [-0.2, -0.15) is 5.10 Å². The fourth-order valence-electron chi connectivity index (χ4n) is 3.10. The number of benzene rings is 1. The van der Waals surface area contributed by atoms with Gasteiger partial charge in [0, 0.05) is 29.8 Å². The number of carbonyl (C=O) groups excluding carboxylic acids is 2. The summed E-state index contributed by atoms with van der Waals surface area (Å²) in [5, 5.41) is 9.50. The molecule has 0 atom stereocenters. The van der Waals surface area contributed by atoms with Crippen LogP contribution < -0.4 is 5.32 Å². The molecular formula is C22H18N6O3S. The summed E-state index contributed by atoms with van der Waals surface area (Å²) in [6.45, 7) is -0.438. The first-order valence-electron chi connectivity index (χ1n) is 10.0. The van der Waals surface area contributed by atoms with Crippen LogP contribution in [0.4, 0.5) is 5.82 Å². The van der Waals surface area contributed by atoms with E-state index in [4.69, 9.17) is 4.74 Å². The quantitative estimate of drug-likeness (QED) is 0.433. The summed E-state index contributed by atoms with van der Waals surface area (Å²) in [7, 11) is 0. The molecule has 3 aromatic heterocycles. The highest BCUT2D eigenvalue weighted by Crippen LogP contribution is 2.40. The number of hydrogen-bond acceptors (Lipinski definition) is 8. The molecule has 1 aromatic carbocycles. The number of carbonyl (C=O) groups is 2. The third-order valence-electron chi connectivity index (χ3n) is 4.80. The van der Waals surface area contributed by atoms with Gasteiger partial charge < -0.3 is 10.1 Å². The van der Waals surface area contributed by atoms with Crippen molar-refractivity contribution in [3.63, 3.8) is 0 Å². The van der Waals surface area contributed by atoms with Crippen LogP contribution in [0.2, 0.25) is 0 Å². The average molecular weight is 446 g/mol. The van der Waals surface area contributed by atoms with Crippen molar-refractivity contribution < 1.29 is 14.3 Å². The zero-order valence-corrected chi connectivity index (χ0v) is 17.7. The first-order chi connectivity index (χ1) is 15.7. The van der Waals surface area contributed by atoms with Gasteiger partial charge >= 0.3 is 5.97 Å². The number of thiazole rings is 1.